The number of hydrogen-bond acceptors (Lipinski definition) is 7. The minimum absolute atomic E-state index is 0.225. The van der Waals surface area contributed by atoms with Gasteiger partial charge in [-0.15, -0.1) is 0 Å². The zero-order valence-corrected chi connectivity index (χ0v) is 28.5. The number of amides is 3. The molecule has 2 aliphatic rings. The van der Waals surface area contributed by atoms with E-state index in [0.717, 1.165) is 12.8 Å². The van der Waals surface area contributed by atoms with Crippen LogP contribution in [0.5, 0.6) is 0 Å². The number of carbonyl (C=O) groups is 3. The highest BCUT2D eigenvalue weighted by Crippen LogP contribution is 2.37. The van der Waals surface area contributed by atoms with Crippen LogP contribution in [0.2, 0.25) is 10.0 Å². The number of nitrogens with one attached hydrogen (secondary N) is 1. The Hall–Kier alpha value is -3.08. The molecule has 0 unspecified atom stereocenters. The lowest BCUT2D eigenvalue weighted by atomic mass is 9.97. The van der Waals surface area contributed by atoms with Gasteiger partial charge in [0, 0.05) is 44.6 Å². The largest absolute Gasteiger partial charge is 0.444 e. The second kappa shape index (κ2) is 14.6. The zero-order valence-electron chi connectivity index (χ0n) is 27.0. The van der Waals surface area contributed by atoms with E-state index in [1.54, 1.807) is 34.1 Å². The van der Waals surface area contributed by atoms with Crippen LogP contribution in [0.4, 0.5) is 21.1 Å². The number of ether oxygens (including phenoxy) is 3. The van der Waals surface area contributed by atoms with E-state index in [0.29, 0.717) is 71.8 Å². The average Bonchev–Trinajstić information content (AvgIpc) is 2.96. The standard InChI is InChI=1S/C33H44Cl2N4O6/c1-32(2,3)44-30(41)38-13-7-8-23(20-38)29(40)37-28-17-24(26(35)18-36-28)22-9-10-25(34)27(16-22)39(31(42)45-33(4,5)6)19-21-11-14-43-15-12-21/h9-10,16-18,21,23H,7-8,11-15,19-20H2,1-6H3,(H,36,37,40)/t23-/m1/s1. The zero-order chi connectivity index (χ0) is 32.9. The predicted molar refractivity (Wildman–Crippen MR) is 176 cm³/mol. The summed E-state index contributed by atoms with van der Waals surface area (Å²) < 4.78 is 16.8. The predicted octanol–water partition coefficient (Wildman–Crippen LogP) is 7.81. The van der Waals surface area contributed by atoms with E-state index >= 15 is 0 Å². The van der Waals surface area contributed by atoms with Crippen LogP contribution in [-0.4, -0.2) is 72.0 Å². The number of aromatic nitrogens is 1. The summed E-state index contributed by atoms with van der Waals surface area (Å²) in [6.07, 6.45) is 3.53. The first kappa shape index (κ1) is 34.8. The Morgan fingerprint density at radius 2 is 1.69 bits per heavy atom. The van der Waals surface area contributed by atoms with Gasteiger partial charge in [0.25, 0.3) is 0 Å². The van der Waals surface area contributed by atoms with Crippen LogP contribution in [0.25, 0.3) is 11.1 Å². The van der Waals surface area contributed by atoms with Crippen molar-refractivity contribution < 1.29 is 28.6 Å². The number of carbonyl (C=O) groups excluding carboxylic acids is 3. The summed E-state index contributed by atoms with van der Waals surface area (Å²) in [6.45, 7) is 13.4. The maximum Gasteiger partial charge on any atom is 0.414 e. The molecule has 1 aromatic carbocycles. The molecule has 2 aliphatic heterocycles. The second-order valence-electron chi connectivity index (χ2n) is 13.6. The van der Waals surface area contributed by atoms with Crippen molar-refractivity contribution in [2.75, 3.05) is 43.1 Å². The minimum atomic E-state index is -0.696. The number of nitrogens with zero attached hydrogens (tertiary/aromatic N) is 3. The Kier molecular flexibility index (Phi) is 11.3. The highest BCUT2D eigenvalue weighted by molar-refractivity contribution is 6.34. The van der Waals surface area contributed by atoms with Gasteiger partial charge in [0.2, 0.25) is 5.91 Å². The third-order valence-corrected chi connectivity index (χ3v) is 8.11. The first-order chi connectivity index (χ1) is 21.1. The molecule has 3 amide bonds. The Morgan fingerprint density at radius 3 is 2.36 bits per heavy atom. The molecule has 0 radical (unpaired) electrons. The van der Waals surface area contributed by atoms with Gasteiger partial charge < -0.3 is 24.4 Å². The summed E-state index contributed by atoms with van der Waals surface area (Å²) in [6, 6.07) is 7.02. The van der Waals surface area contributed by atoms with Crippen LogP contribution in [0, 0.1) is 11.8 Å². The Morgan fingerprint density at radius 1 is 1.00 bits per heavy atom. The third-order valence-electron chi connectivity index (χ3n) is 7.49. The topological polar surface area (TPSA) is 110 Å². The summed E-state index contributed by atoms with van der Waals surface area (Å²) in [7, 11) is 0. The number of halogens is 2. The fourth-order valence-electron chi connectivity index (χ4n) is 5.30. The molecule has 45 heavy (non-hydrogen) atoms. The SMILES string of the molecule is CC(C)(C)OC(=O)N1CCC[C@@H](C(=O)Nc2cc(-c3ccc(Cl)c(N(CC4CCOCC4)C(=O)OC(C)(C)C)c3)c(Cl)cn2)C1. The lowest BCUT2D eigenvalue weighted by molar-refractivity contribution is -0.121. The number of piperidine rings is 1. The van der Waals surface area contributed by atoms with Gasteiger partial charge >= 0.3 is 12.2 Å². The summed E-state index contributed by atoms with van der Waals surface area (Å²) >= 11 is 13.3. The molecule has 0 saturated carbocycles. The van der Waals surface area contributed by atoms with Crippen LogP contribution in [0.3, 0.4) is 0 Å². The molecular weight excluding hydrogens is 619 g/mol. The summed E-state index contributed by atoms with van der Waals surface area (Å²) in [5.41, 5.74) is 0.476. The summed E-state index contributed by atoms with van der Waals surface area (Å²) in [5, 5.41) is 3.65. The van der Waals surface area contributed by atoms with Gasteiger partial charge in [-0.2, -0.15) is 0 Å². The van der Waals surface area contributed by atoms with Crippen LogP contribution in [0.1, 0.15) is 67.2 Å². The Labute approximate surface area is 275 Å². The van der Waals surface area contributed by atoms with Crippen molar-refractivity contribution in [3.05, 3.63) is 40.5 Å². The molecule has 246 valence electrons. The fourth-order valence-corrected chi connectivity index (χ4v) is 5.73. The molecule has 0 bridgehead atoms. The quantitative estimate of drug-likeness (QED) is 0.336. The Balaban J connectivity index is 1.56. The van der Waals surface area contributed by atoms with Crippen molar-refractivity contribution in [2.45, 2.75) is 78.4 Å². The lowest BCUT2D eigenvalue weighted by Crippen LogP contribution is -2.45. The summed E-state index contributed by atoms with van der Waals surface area (Å²) in [5.74, 6) is -0.116. The molecule has 0 spiro atoms. The van der Waals surface area contributed by atoms with Gasteiger partial charge in [0.15, 0.2) is 0 Å². The van der Waals surface area contributed by atoms with E-state index in [2.05, 4.69) is 10.3 Å². The first-order valence-electron chi connectivity index (χ1n) is 15.4. The molecule has 10 nitrogen and oxygen atoms in total. The normalized spacial score (nSPS) is 17.9. The molecule has 0 aliphatic carbocycles. The minimum Gasteiger partial charge on any atom is -0.444 e. The van der Waals surface area contributed by atoms with Crippen molar-refractivity contribution >= 4 is 52.8 Å². The van der Waals surface area contributed by atoms with Gasteiger partial charge in [-0.1, -0.05) is 29.3 Å². The molecule has 3 heterocycles. The molecular formula is C33H44Cl2N4O6. The maximum absolute atomic E-state index is 13.5. The number of benzene rings is 1. The number of likely N-dealkylation sites (tertiary alicyclic amines) is 1. The fraction of sp³-hybridized carbons (Fsp3) is 0.576. The molecule has 4 rings (SSSR count). The highest BCUT2D eigenvalue weighted by Gasteiger charge is 2.32. The molecule has 1 atom stereocenters. The van der Waals surface area contributed by atoms with Gasteiger partial charge in [0.05, 0.1) is 21.7 Å². The van der Waals surface area contributed by atoms with E-state index in [9.17, 15) is 14.4 Å². The second-order valence-corrected chi connectivity index (χ2v) is 14.4. The van der Waals surface area contributed by atoms with E-state index in [4.69, 9.17) is 37.4 Å². The maximum atomic E-state index is 13.5. The van der Waals surface area contributed by atoms with Crippen molar-refractivity contribution in [3.63, 3.8) is 0 Å². The van der Waals surface area contributed by atoms with Crippen molar-refractivity contribution in [1.82, 2.24) is 9.88 Å². The number of pyridine rings is 1. The van der Waals surface area contributed by atoms with E-state index in [1.165, 1.54) is 6.20 Å². The van der Waals surface area contributed by atoms with E-state index in [1.807, 2.05) is 41.5 Å². The van der Waals surface area contributed by atoms with Crippen molar-refractivity contribution in [3.8, 4) is 11.1 Å². The first-order valence-corrected chi connectivity index (χ1v) is 16.2. The van der Waals surface area contributed by atoms with Crippen LogP contribution in [-0.2, 0) is 19.0 Å². The van der Waals surface area contributed by atoms with E-state index < -0.39 is 29.3 Å². The number of rotatable bonds is 6. The van der Waals surface area contributed by atoms with Gasteiger partial charge in [-0.3, -0.25) is 9.69 Å². The van der Waals surface area contributed by atoms with Crippen LogP contribution >= 0.6 is 23.2 Å². The van der Waals surface area contributed by atoms with Gasteiger partial charge in [-0.25, -0.2) is 14.6 Å². The van der Waals surface area contributed by atoms with Crippen LogP contribution < -0.4 is 10.2 Å². The summed E-state index contributed by atoms with van der Waals surface area (Å²) in [4.78, 5) is 46.8. The number of anilines is 2. The highest BCUT2D eigenvalue weighted by atomic mass is 35.5. The molecule has 2 fully saturated rings. The number of hydrogen-bond donors (Lipinski definition) is 1. The van der Waals surface area contributed by atoms with Gasteiger partial charge in [-0.05, 0) is 96.9 Å². The van der Waals surface area contributed by atoms with Crippen molar-refractivity contribution in [2.24, 2.45) is 11.8 Å². The molecule has 12 heteroatoms. The lowest BCUT2D eigenvalue weighted by Gasteiger charge is -2.33. The van der Waals surface area contributed by atoms with E-state index in [-0.39, 0.29) is 18.4 Å². The smallest absolute Gasteiger partial charge is 0.414 e. The average molecular weight is 664 g/mol. The molecule has 1 aromatic heterocycles. The van der Waals surface area contributed by atoms with Crippen molar-refractivity contribution in [1.29, 1.82) is 0 Å². The molecule has 1 N–H and O–H groups in total. The van der Waals surface area contributed by atoms with Crippen LogP contribution in [0.15, 0.2) is 30.5 Å². The Bertz CT molecular complexity index is 1380. The molecule has 2 aromatic rings. The molecule has 2 saturated heterocycles. The third kappa shape index (κ3) is 9.95. The van der Waals surface area contributed by atoms with Gasteiger partial charge in [0.1, 0.15) is 17.0 Å². The monoisotopic (exact) mass is 662 g/mol.